The van der Waals surface area contributed by atoms with Gasteiger partial charge in [0.1, 0.15) is 0 Å². The van der Waals surface area contributed by atoms with Gasteiger partial charge in [0.25, 0.3) is 0 Å². The van der Waals surface area contributed by atoms with Gasteiger partial charge in [-0.2, -0.15) is 0 Å². The molecule has 0 aliphatic heterocycles. The molecule has 0 aromatic rings. The molecule has 17 heavy (non-hydrogen) atoms. The van der Waals surface area contributed by atoms with Crippen molar-refractivity contribution in [3.8, 4) is 0 Å². The van der Waals surface area contributed by atoms with E-state index >= 15 is 0 Å². The molecule has 1 fully saturated rings. The Morgan fingerprint density at radius 1 is 1.24 bits per heavy atom. The number of hydrogen-bond acceptors (Lipinski definition) is 2. The van der Waals surface area contributed by atoms with E-state index < -0.39 is 0 Å². The topological polar surface area (TPSA) is 55.1 Å². The second-order valence-electron chi connectivity index (χ2n) is 5.39. The fourth-order valence-electron chi connectivity index (χ4n) is 2.14. The van der Waals surface area contributed by atoms with Crippen LogP contribution >= 0.6 is 12.4 Å². The predicted octanol–water partition coefficient (Wildman–Crippen LogP) is 2.62. The van der Waals surface area contributed by atoms with Gasteiger partial charge in [-0.15, -0.1) is 12.4 Å². The Kier molecular flexibility index (Phi) is 8.61. The second kappa shape index (κ2) is 8.76. The number of rotatable bonds is 8. The quantitative estimate of drug-likeness (QED) is 0.661. The van der Waals surface area contributed by atoms with Crippen LogP contribution < -0.4 is 11.1 Å². The lowest BCUT2D eigenvalue weighted by Crippen LogP contribution is -2.39. The molecule has 3 N–H and O–H groups in total. The van der Waals surface area contributed by atoms with Crippen LogP contribution in [0.2, 0.25) is 0 Å². The third kappa shape index (κ3) is 6.89. The van der Waals surface area contributed by atoms with Crippen LogP contribution in [0.15, 0.2) is 0 Å². The highest BCUT2D eigenvalue weighted by molar-refractivity contribution is 5.85. The molecule has 0 saturated heterocycles. The summed E-state index contributed by atoms with van der Waals surface area (Å²) >= 11 is 0. The van der Waals surface area contributed by atoms with E-state index in [1.54, 1.807) is 0 Å². The molecule has 3 nitrogen and oxygen atoms in total. The van der Waals surface area contributed by atoms with E-state index in [4.69, 9.17) is 5.73 Å². The molecule has 1 aliphatic rings. The van der Waals surface area contributed by atoms with Gasteiger partial charge in [-0.25, -0.2) is 0 Å². The van der Waals surface area contributed by atoms with Gasteiger partial charge in [0.15, 0.2) is 0 Å². The molecule has 1 amide bonds. The maximum Gasteiger partial charge on any atom is 0.220 e. The smallest absolute Gasteiger partial charge is 0.220 e. The second-order valence-corrected chi connectivity index (χ2v) is 5.39. The minimum atomic E-state index is 0. The lowest BCUT2D eigenvalue weighted by Gasteiger charge is -2.38. The van der Waals surface area contributed by atoms with Gasteiger partial charge < -0.3 is 11.1 Å². The molecule has 0 unspecified atom stereocenters. The van der Waals surface area contributed by atoms with Crippen LogP contribution in [0.1, 0.15) is 58.3 Å². The van der Waals surface area contributed by atoms with Crippen molar-refractivity contribution in [1.82, 2.24) is 5.32 Å². The van der Waals surface area contributed by atoms with Crippen LogP contribution in [-0.2, 0) is 4.79 Å². The van der Waals surface area contributed by atoms with Crippen molar-refractivity contribution >= 4 is 18.3 Å². The first-order valence-electron chi connectivity index (χ1n) is 6.63. The number of halogens is 1. The highest BCUT2D eigenvalue weighted by atomic mass is 35.5. The fourth-order valence-corrected chi connectivity index (χ4v) is 2.14. The summed E-state index contributed by atoms with van der Waals surface area (Å²) in [5.74, 6) is 0.223. The Morgan fingerprint density at radius 3 is 2.41 bits per heavy atom. The average molecular weight is 263 g/mol. The minimum absolute atomic E-state index is 0. The van der Waals surface area contributed by atoms with E-state index in [1.807, 2.05) is 0 Å². The van der Waals surface area contributed by atoms with Crippen molar-refractivity contribution in [3.63, 3.8) is 0 Å². The molecular formula is C13H27ClN2O. The molecule has 1 aliphatic carbocycles. The SMILES string of the molecule is CC1(CNC(=O)CCCCCCN)CCC1.Cl. The van der Waals surface area contributed by atoms with Gasteiger partial charge in [-0.1, -0.05) is 26.2 Å². The number of unbranched alkanes of at least 4 members (excludes halogenated alkanes) is 3. The number of nitrogens with one attached hydrogen (secondary N) is 1. The molecule has 0 bridgehead atoms. The summed E-state index contributed by atoms with van der Waals surface area (Å²) in [5.41, 5.74) is 5.81. The first-order chi connectivity index (χ1) is 7.66. The number of hydrogen-bond donors (Lipinski definition) is 2. The highest BCUT2D eigenvalue weighted by Crippen LogP contribution is 2.39. The van der Waals surface area contributed by atoms with Gasteiger partial charge in [-0.05, 0) is 37.6 Å². The van der Waals surface area contributed by atoms with Gasteiger partial charge in [0.2, 0.25) is 5.91 Å². The summed E-state index contributed by atoms with van der Waals surface area (Å²) in [4.78, 5) is 11.5. The van der Waals surface area contributed by atoms with Crippen molar-refractivity contribution in [1.29, 1.82) is 0 Å². The molecule has 102 valence electrons. The third-order valence-electron chi connectivity index (χ3n) is 3.63. The summed E-state index contributed by atoms with van der Waals surface area (Å²) < 4.78 is 0. The highest BCUT2D eigenvalue weighted by Gasteiger charge is 2.31. The molecule has 0 aromatic heterocycles. The Labute approximate surface area is 111 Å². The summed E-state index contributed by atoms with van der Waals surface area (Å²) in [6.07, 6.45) is 8.91. The van der Waals surface area contributed by atoms with Gasteiger partial charge >= 0.3 is 0 Å². The van der Waals surface area contributed by atoms with Crippen molar-refractivity contribution < 1.29 is 4.79 Å². The number of nitrogens with two attached hydrogens (primary N) is 1. The van der Waals surface area contributed by atoms with Crippen molar-refractivity contribution in [2.75, 3.05) is 13.1 Å². The van der Waals surface area contributed by atoms with Crippen LogP contribution in [0.3, 0.4) is 0 Å². The van der Waals surface area contributed by atoms with E-state index in [0.29, 0.717) is 11.8 Å². The van der Waals surface area contributed by atoms with E-state index in [-0.39, 0.29) is 18.3 Å². The zero-order valence-electron chi connectivity index (χ0n) is 11.0. The van der Waals surface area contributed by atoms with Crippen molar-refractivity contribution in [2.45, 2.75) is 58.3 Å². The Hall–Kier alpha value is -0.280. The first-order valence-corrected chi connectivity index (χ1v) is 6.63. The fraction of sp³-hybridized carbons (Fsp3) is 0.923. The summed E-state index contributed by atoms with van der Waals surface area (Å²) in [5, 5.41) is 3.05. The Balaban J connectivity index is 0.00000256. The van der Waals surface area contributed by atoms with Gasteiger partial charge in [0.05, 0.1) is 0 Å². The zero-order chi connectivity index (χ0) is 11.9. The predicted molar refractivity (Wildman–Crippen MR) is 74.4 cm³/mol. The van der Waals surface area contributed by atoms with E-state index in [1.165, 1.54) is 19.3 Å². The number of carbonyl (C=O) groups is 1. The summed E-state index contributed by atoms with van der Waals surface area (Å²) in [6.45, 7) is 3.90. The van der Waals surface area contributed by atoms with Crippen molar-refractivity contribution in [2.24, 2.45) is 11.1 Å². The maximum absolute atomic E-state index is 11.5. The molecule has 0 atom stereocenters. The number of amides is 1. The third-order valence-corrected chi connectivity index (χ3v) is 3.63. The minimum Gasteiger partial charge on any atom is -0.356 e. The first kappa shape index (κ1) is 16.7. The molecule has 0 radical (unpaired) electrons. The van der Waals surface area contributed by atoms with Crippen LogP contribution in [0.5, 0.6) is 0 Å². The largest absolute Gasteiger partial charge is 0.356 e. The van der Waals surface area contributed by atoms with E-state index in [9.17, 15) is 4.79 Å². The molecule has 1 saturated carbocycles. The molecular weight excluding hydrogens is 236 g/mol. The molecule has 0 heterocycles. The molecule has 0 aromatic carbocycles. The van der Waals surface area contributed by atoms with Crippen LogP contribution in [-0.4, -0.2) is 19.0 Å². The van der Waals surface area contributed by atoms with Crippen LogP contribution in [0.25, 0.3) is 0 Å². The Morgan fingerprint density at radius 2 is 1.88 bits per heavy atom. The van der Waals surface area contributed by atoms with E-state index in [2.05, 4.69) is 12.2 Å². The Bertz CT molecular complexity index is 217. The normalized spacial score (nSPS) is 16.8. The molecule has 4 heteroatoms. The summed E-state index contributed by atoms with van der Waals surface area (Å²) in [6, 6.07) is 0. The van der Waals surface area contributed by atoms with Crippen LogP contribution in [0, 0.1) is 5.41 Å². The summed E-state index contributed by atoms with van der Waals surface area (Å²) in [7, 11) is 0. The van der Waals surface area contributed by atoms with Gasteiger partial charge in [-0.3, -0.25) is 4.79 Å². The monoisotopic (exact) mass is 262 g/mol. The maximum atomic E-state index is 11.5. The lowest BCUT2D eigenvalue weighted by atomic mass is 9.70. The standard InChI is InChI=1S/C13H26N2O.ClH/c1-13(8-6-9-13)11-15-12(16)7-4-2-3-5-10-14;/h2-11,14H2,1H3,(H,15,16);1H. The van der Waals surface area contributed by atoms with Gasteiger partial charge in [0, 0.05) is 13.0 Å². The molecule has 0 spiro atoms. The van der Waals surface area contributed by atoms with Crippen molar-refractivity contribution in [3.05, 3.63) is 0 Å². The average Bonchev–Trinajstić information content (AvgIpc) is 2.23. The number of carbonyl (C=O) groups excluding carboxylic acids is 1. The van der Waals surface area contributed by atoms with E-state index in [0.717, 1.165) is 38.8 Å². The zero-order valence-corrected chi connectivity index (χ0v) is 11.8. The molecule has 1 rings (SSSR count). The lowest BCUT2D eigenvalue weighted by molar-refractivity contribution is -0.122. The van der Waals surface area contributed by atoms with Crippen LogP contribution in [0.4, 0.5) is 0 Å².